The Bertz CT molecular complexity index is 601. The SMILES string of the molecule is CC(C)(C)C(=O)c1c(Cl)[nH]c2ncc(Br)nc12. The second-order valence-corrected chi connectivity index (χ2v) is 5.97. The van der Waals surface area contributed by atoms with Gasteiger partial charge in [0, 0.05) is 5.41 Å². The van der Waals surface area contributed by atoms with Crippen molar-refractivity contribution in [3.05, 3.63) is 21.5 Å². The van der Waals surface area contributed by atoms with Crippen molar-refractivity contribution in [1.82, 2.24) is 15.0 Å². The third kappa shape index (κ3) is 2.21. The minimum Gasteiger partial charge on any atom is -0.328 e. The summed E-state index contributed by atoms with van der Waals surface area (Å²) in [6.45, 7) is 5.53. The summed E-state index contributed by atoms with van der Waals surface area (Å²) in [7, 11) is 0. The molecule has 6 heteroatoms. The molecule has 0 unspecified atom stereocenters. The fraction of sp³-hybridized carbons (Fsp3) is 0.364. The molecule has 0 radical (unpaired) electrons. The van der Waals surface area contributed by atoms with Gasteiger partial charge >= 0.3 is 0 Å². The smallest absolute Gasteiger partial charge is 0.173 e. The fourth-order valence-corrected chi connectivity index (χ4v) is 2.03. The van der Waals surface area contributed by atoms with Gasteiger partial charge in [-0.05, 0) is 15.9 Å². The molecule has 0 saturated heterocycles. The van der Waals surface area contributed by atoms with E-state index in [1.165, 1.54) is 0 Å². The molecule has 2 aromatic rings. The molecular formula is C11H11BrClN3O. The molecule has 0 atom stereocenters. The first kappa shape index (κ1) is 12.5. The van der Waals surface area contributed by atoms with E-state index in [0.717, 1.165) is 0 Å². The Hall–Kier alpha value is -0.940. The summed E-state index contributed by atoms with van der Waals surface area (Å²) in [6.07, 6.45) is 1.56. The Morgan fingerprint density at radius 2 is 2.12 bits per heavy atom. The Balaban J connectivity index is 2.72. The highest BCUT2D eigenvalue weighted by Gasteiger charge is 2.29. The van der Waals surface area contributed by atoms with Crippen LogP contribution < -0.4 is 0 Å². The third-order valence-electron chi connectivity index (χ3n) is 2.34. The first-order valence-electron chi connectivity index (χ1n) is 5.05. The van der Waals surface area contributed by atoms with E-state index in [-0.39, 0.29) is 10.9 Å². The molecule has 0 spiro atoms. The minimum atomic E-state index is -0.511. The Morgan fingerprint density at radius 3 is 2.71 bits per heavy atom. The number of Topliss-reactive ketones (excluding diaryl/α,β-unsaturated/α-hetero) is 1. The first-order valence-corrected chi connectivity index (χ1v) is 6.22. The van der Waals surface area contributed by atoms with E-state index < -0.39 is 5.41 Å². The zero-order valence-electron chi connectivity index (χ0n) is 9.64. The molecule has 4 nitrogen and oxygen atoms in total. The molecule has 17 heavy (non-hydrogen) atoms. The number of H-pyrrole nitrogens is 1. The summed E-state index contributed by atoms with van der Waals surface area (Å²) >= 11 is 9.28. The predicted octanol–water partition coefficient (Wildman–Crippen LogP) is 3.60. The average molecular weight is 317 g/mol. The molecule has 0 fully saturated rings. The van der Waals surface area contributed by atoms with Gasteiger partial charge in [0.1, 0.15) is 15.3 Å². The molecular weight excluding hydrogens is 305 g/mol. The lowest BCUT2D eigenvalue weighted by Crippen LogP contribution is -2.20. The molecule has 0 aliphatic rings. The number of fused-ring (bicyclic) bond motifs is 1. The summed E-state index contributed by atoms with van der Waals surface area (Å²) in [4.78, 5) is 23.5. The maximum absolute atomic E-state index is 12.3. The molecule has 2 heterocycles. The number of hydrogen-bond acceptors (Lipinski definition) is 3. The Kier molecular flexibility index (Phi) is 2.99. The van der Waals surface area contributed by atoms with Crippen molar-refractivity contribution in [2.45, 2.75) is 20.8 Å². The van der Waals surface area contributed by atoms with Crippen molar-refractivity contribution >= 4 is 44.5 Å². The highest BCUT2D eigenvalue weighted by Crippen LogP contribution is 2.30. The van der Waals surface area contributed by atoms with Gasteiger partial charge in [0.05, 0.1) is 11.8 Å². The highest BCUT2D eigenvalue weighted by molar-refractivity contribution is 9.10. The van der Waals surface area contributed by atoms with Crippen LogP contribution in [0.15, 0.2) is 10.8 Å². The standard InChI is InChI=1S/C11H11BrClN3O/c1-11(2,3)8(17)6-7-10(16-9(6)13)14-4-5(12)15-7/h4H,1-3H3,(H,14,16). The summed E-state index contributed by atoms with van der Waals surface area (Å²) in [5, 5.41) is 0.290. The fourth-order valence-electron chi connectivity index (χ4n) is 1.49. The lowest BCUT2D eigenvalue weighted by atomic mass is 9.87. The molecule has 2 aromatic heterocycles. The van der Waals surface area contributed by atoms with Crippen LogP contribution in [0, 0.1) is 5.41 Å². The van der Waals surface area contributed by atoms with Gasteiger partial charge in [0.15, 0.2) is 11.4 Å². The number of aromatic nitrogens is 3. The third-order valence-corrected chi connectivity index (χ3v) is 3.00. The van der Waals surface area contributed by atoms with Crippen LogP contribution in [0.3, 0.4) is 0 Å². The van der Waals surface area contributed by atoms with Crippen LogP contribution in [0.4, 0.5) is 0 Å². The first-order chi connectivity index (χ1) is 7.80. The van der Waals surface area contributed by atoms with E-state index in [1.807, 2.05) is 20.8 Å². The average Bonchev–Trinajstić information content (AvgIpc) is 2.51. The zero-order valence-corrected chi connectivity index (χ0v) is 12.0. The number of carbonyl (C=O) groups excluding carboxylic acids is 1. The van der Waals surface area contributed by atoms with Crippen molar-refractivity contribution < 1.29 is 4.79 Å². The van der Waals surface area contributed by atoms with Crippen molar-refractivity contribution in [3.63, 3.8) is 0 Å². The molecule has 0 bridgehead atoms. The highest BCUT2D eigenvalue weighted by atomic mass is 79.9. The largest absolute Gasteiger partial charge is 0.328 e. The number of carbonyl (C=O) groups is 1. The Morgan fingerprint density at radius 1 is 1.47 bits per heavy atom. The second-order valence-electron chi connectivity index (χ2n) is 4.78. The molecule has 1 N–H and O–H groups in total. The van der Waals surface area contributed by atoms with Gasteiger partial charge in [0.25, 0.3) is 0 Å². The van der Waals surface area contributed by atoms with E-state index in [9.17, 15) is 4.79 Å². The molecule has 0 saturated carbocycles. The lowest BCUT2D eigenvalue weighted by molar-refractivity contribution is 0.0860. The Labute approximate surface area is 112 Å². The normalized spacial score (nSPS) is 12.1. The van der Waals surface area contributed by atoms with Gasteiger partial charge < -0.3 is 4.98 Å². The monoisotopic (exact) mass is 315 g/mol. The van der Waals surface area contributed by atoms with Crippen molar-refractivity contribution in [2.24, 2.45) is 5.41 Å². The zero-order chi connectivity index (χ0) is 12.8. The van der Waals surface area contributed by atoms with Gasteiger partial charge in [-0.1, -0.05) is 32.4 Å². The number of halogens is 2. The number of ketones is 1. The maximum atomic E-state index is 12.3. The lowest BCUT2D eigenvalue weighted by Gasteiger charge is -2.15. The van der Waals surface area contributed by atoms with Crippen LogP contribution in [-0.4, -0.2) is 20.7 Å². The molecule has 90 valence electrons. The molecule has 0 amide bonds. The summed E-state index contributed by atoms with van der Waals surface area (Å²) in [5.41, 5.74) is 0.918. The maximum Gasteiger partial charge on any atom is 0.173 e. The van der Waals surface area contributed by atoms with Crippen LogP contribution >= 0.6 is 27.5 Å². The number of aromatic amines is 1. The molecule has 2 rings (SSSR count). The summed E-state index contributed by atoms with van der Waals surface area (Å²) in [5.74, 6) is -0.0545. The van der Waals surface area contributed by atoms with Gasteiger partial charge in [-0.3, -0.25) is 4.79 Å². The molecule has 0 aliphatic heterocycles. The predicted molar refractivity (Wildman–Crippen MR) is 70.4 cm³/mol. The number of hydrogen-bond donors (Lipinski definition) is 1. The molecule has 0 aliphatic carbocycles. The minimum absolute atomic E-state index is 0.0545. The van der Waals surface area contributed by atoms with Crippen LogP contribution in [0.2, 0.25) is 5.15 Å². The number of nitrogens with zero attached hydrogens (tertiary/aromatic N) is 2. The number of nitrogens with one attached hydrogen (secondary N) is 1. The van der Waals surface area contributed by atoms with E-state index in [0.29, 0.717) is 21.3 Å². The van der Waals surface area contributed by atoms with Crippen LogP contribution in [0.1, 0.15) is 31.1 Å². The van der Waals surface area contributed by atoms with Gasteiger partial charge in [-0.2, -0.15) is 0 Å². The number of rotatable bonds is 1. The van der Waals surface area contributed by atoms with E-state index in [1.54, 1.807) is 6.20 Å². The summed E-state index contributed by atoms with van der Waals surface area (Å²) < 4.78 is 0.573. The van der Waals surface area contributed by atoms with Gasteiger partial charge in [-0.25, -0.2) is 9.97 Å². The topological polar surface area (TPSA) is 58.6 Å². The van der Waals surface area contributed by atoms with Crippen LogP contribution in [-0.2, 0) is 0 Å². The van der Waals surface area contributed by atoms with Gasteiger partial charge in [-0.15, -0.1) is 0 Å². The van der Waals surface area contributed by atoms with E-state index in [4.69, 9.17) is 11.6 Å². The van der Waals surface area contributed by atoms with Crippen LogP contribution in [0.5, 0.6) is 0 Å². The van der Waals surface area contributed by atoms with Crippen LogP contribution in [0.25, 0.3) is 11.2 Å². The van der Waals surface area contributed by atoms with Crippen molar-refractivity contribution in [1.29, 1.82) is 0 Å². The second kappa shape index (κ2) is 4.07. The van der Waals surface area contributed by atoms with Crippen molar-refractivity contribution in [2.75, 3.05) is 0 Å². The van der Waals surface area contributed by atoms with E-state index in [2.05, 4.69) is 30.9 Å². The van der Waals surface area contributed by atoms with E-state index >= 15 is 0 Å². The summed E-state index contributed by atoms with van der Waals surface area (Å²) in [6, 6.07) is 0. The van der Waals surface area contributed by atoms with Crippen molar-refractivity contribution in [3.8, 4) is 0 Å². The quantitative estimate of drug-likeness (QED) is 0.818. The molecule has 0 aromatic carbocycles. The van der Waals surface area contributed by atoms with Gasteiger partial charge in [0.2, 0.25) is 0 Å².